The number of nitrogens with one attached hydrogen (secondary N) is 1. The van der Waals surface area contributed by atoms with E-state index >= 15 is 0 Å². The van der Waals surface area contributed by atoms with Crippen molar-refractivity contribution in [1.82, 2.24) is 9.88 Å². The molecule has 0 unspecified atom stereocenters. The number of fused-ring (bicyclic) bond motifs is 1. The second-order valence-corrected chi connectivity index (χ2v) is 6.74. The minimum absolute atomic E-state index is 0. The van der Waals surface area contributed by atoms with Crippen molar-refractivity contribution < 1.29 is 4.74 Å². The van der Waals surface area contributed by atoms with Crippen molar-refractivity contribution in [3.05, 3.63) is 26.3 Å². The summed E-state index contributed by atoms with van der Waals surface area (Å²) in [7, 11) is 1.59. The summed E-state index contributed by atoms with van der Waals surface area (Å²) in [4.78, 5) is 16.9. The van der Waals surface area contributed by atoms with Crippen molar-refractivity contribution in [3.8, 4) is 5.75 Å². The van der Waals surface area contributed by atoms with Crippen LogP contribution in [0.15, 0.2) is 10.9 Å². The van der Waals surface area contributed by atoms with E-state index in [0.717, 1.165) is 54.7 Å². The summed E-state index contributed by atoms with van der Waals surface area (Å²) < 4.78 is 6.24. The van der Waals surface area contributed by atoms with E-state index in [9.17, 15) is 4.79 Å². The van der Waals surface area contributed by atoms with E-state index in [1.165, 1.54) is 11.3 Å². The van der Waals surface area contributed by atoms with Gasteiger partial charge in [-0.05, 0) is 37.9 Å². The Labute approximate surface area is 152 Å². The fourth-order valence-corrected chi connectivity index (χ4v) is 4.00. The van der Waals surface area contributed by atoms with Gasteiger partial charge < -0.3 is 14.6 Å². The van der Waals surface area contributed by atoms with E-state index in [0.29, 0.717) is 10.8 Å². The first kappa shape index (κ1) is 20.3. The van der Waals surface area contributed by atoms with Gasteiger partial charge in [-0.2, -0.15) is 0 Å². The highest BCUT2D eigenvalue weighted by atomic mass is 35.5. The van der Waals surface area contributed by atoms with Gasteiger partial charge >= 0.3 is 4.87 Å². The van der Waals surface area contributed by atoms with Crippen LogP contribution in [0, 0.1) is 0 Å². The summed E-state index contributed by atoms with van der Waals surface area (Å²) in [6.07, 6.45) is 3.12. The summed E-state index contributed by atoms with van der Waals surface area (Å²) in [6.45, 7) is 7.52. The highest BCUT2D eigenvalue weighted by Crippen LogP contribution is 2.34. The fourth-order valence-electron chi connectivity index (χ4n) is 2.73. The Morgan fingerprint density at radius 1 is 1.26 bits per heavy atom. The van der Waals surface area contributed by atoms with E-state index in [2.05, 4.69) is 23.7 Å². The van der Waals surface area contributed by atoms with Gasteiger partial charge in [0.1, 0.15) is 11.3 Å². The molecule has 0 aliphatic rings. The Morgan fingerprint density at radius 2 is 1.91 bits per heavy atom. The molecule has 0 radical (unpaired) electrons. The molecule has 23 heavy (non-hydrogen) atoms. The highest BCUT2D eigenvalue weighted by Gasteiger charge is 2.16. The molecule has 1 heterocycles. The lowest BCUT2D eigenvalue weighted by Crippen LogP contribution is -2.27. The van der Waals surface area contributed by atoms with Gasteiger partial charge in [-0.15, -0.1) is 12.4 Å². The third-order valence-electron chi connectivity index (χ3n) is 3.69. The van der Waals surface area contributed by atoms with Crippen LogP contribution in [-0.2, 0) is 6.42 Å². The first-order valence-corrected chi connectivity index (χ1v) is 8.90. The molecule has 130 valence electrons. The van der Waals surface area contributed by atoms with Gasteiger partial charge in [-0.1, -0.05) is 36.8 Å². The number of aromatic nitrogens is 1. The second-order valence-electron chi connectivity index (χ2n) is 5.35. The van der Waals surface area contributed by atoms with Gasteiger partial charge in [0.2, 0.25) is 0 Å². The Balaban J connectivity index is 0.00000264. The Morgan fingerprint density at radius 3 is 2.48 bits per heavy atom. The van der Waals surface area contributed by atoms with Gasteiger partial charge in [-0.25, -0.2) is 0 Å². The molecule has 1 aromatic heterocycles. The number of thiazole rings is 1. The normalized spacial score (nSPS) is 11.0. The molecule has 0 saturated carbocycles. The molecule has 0 spiro atoms. The molecule has 4 nitrogen and oxygen atoms in total. The maximum absolute atomic E-state index is 11.7. The predicted molar refractivity (Wildman–Crippen MR) is 102 cm³/mol. The van der Waals surface area contributed by atoms with E-state index in [4.69, 9.17) is 16.3 Å². The molecule has 1 aromatic carbocycles. The van der Waals surface area contributed by atoms with Crippen molar-refractivity contribution in [1.29, 1.82) is 0 Å². The summed E-state index contributed by atoms with van der Waals surface area (Å²) in [5, 5.41) is 0.674. The van der Waals surface area contributed by atoms with Crippen molar-refractivity contribution in [3.63, 3.8) is 0 Å². The number of benzene rings is 1. The van der Waals surface area contributed by atoms with Crippen LogP contribution in [0.4, 0.5) is 0 Å². The van der Waals surface area contributed by atoms with Gasteiger partial charge in [0.05, 0.1) is 11.8 Å². The van der Waals surface area contributed by atoms with Crippen LogP contribution in [0.2, 0.25) is 5.02 Å². The molecule has 0 fully saturated rings. The van der Waals surface area contributed by atoms with Gasteiger partial charge in [-0.3, -0.25) is 4.79 Å². The molecule has 0 saturated heterocycles. The number of hydrogen-bond acceptors (Lipinski definition) is 4. The van der Waals surface area contributed by atoms with Crippen LogP contribution >= 0.6 is 35.3 Å². The molecule has 7 heteroatoms. The molecule has 0 aliphatic carbocycles. The number of methoxy groups -OCH3 is 1. The topological polar surface area (TPSA) is 45.3 Å². The summed E-state index contributed by atoms with van der Waals surface area (Å²) in [6, 6.07) is 1.80. The van der Waals surface area contributed by atoms with Crippen LogP contribution in [-0.4, -0.2) is 36.6 Å². The zero-order valence-corrected chi connectivity index (χ0v) is 16.2. The lowest BCUT2D eigenvalue weighted by Gasteiger charge is -2.21. The minimum atomic E-state index is -0.0733. The van der Waals surface area contributed by atoms with Crippen LogP contribution in [0.5, 0.6) is 5.75 Å². The van der Waals surface area contributed by atoms with E-state index < -0.39 is 0 Å². The van der Waals surface area contributed by atoms with E-state index in [1.54, 1.807) is 13.2 Å². The molecule has 1 N–H and O–H groups in total. The number of H-pyrrole nitrogens is 1. The Bertz CT molecular complexity index is 679. The highest BCUT2D eigenvalue weighted by molar-refractivity contribution is 7.16. The molecular formula is C16H24Cl2N2O2S. The molecule has 2 rings (SSSR count). The maximum Gasteiger partial charge on any atom is 0.305 e. The van der Waals surface area contributed by atoms with Gasteiger partial charge in [0.15, 0.2) is 0 Å². The van der Waals surface area contributed by atoms with Crippen LogP contribution in [0.25, 0.3) is 10.2 Å². The van der Waals surface area contributed by atoms with Crippen LogP contribution in [0.3, 0.4) is 0 Å². The average molecular weight is 379 g/mol. The van der Waals surface area contributed by atoms with Crippen molar-refractivity contribution >= 4 is 45.6 Å². The lowest BCUT2D eigenvalue weighted by molar-refractivity contribution is 0.278. The second kappa shape index (κ2) is 9.52. The van der Waals surface area contributed by atoms with E-state index in [1.807, 2.05) is 0 Å². The van der Waals surface area contributed by atoms with Crippen molar-refractivity contribution in [2.24, 2.45) is 0 Å². The van der Waals surface area contributed by atoms with E-state index in [-0.39, 0.29) is 17.3 Å². The zero-order valence-electron chi connectivity index (χ0n) is 13.8. The number of aromatic amines is 1. The number of hydrogen-bond donors (Lipinski definition) is 1. The first-order valence-electron chi connectivity index (χ1n) is 7.71. The third-order valence-corrected chi connectivity index (χ3v) is 4.97. The first-order chi connectivity index (χ1) is 10.6. The number of nitrogens with zero attached hydrogens (tertiary/aromatic N) is 1. The Kier molecular flexibility index (Phi) is 8.40. The zero-order chi connectivity index (χ0) is 16.1. The molecule has 2 aromatic rings. The van der Waals surface area contributed by atoms with Gasteiger partial charge in [0.25, 0.3) is 0 Å². The monoisotopic (exact) mass is 378 g/mol. The van der Waals surface area contributed by atoms with Gasteiger partial charge in [0, 0.05) is 17.6 Å². The third kappa shape index (κ3) is 4.86. The van der Waals surface area contributed by atoms with Crippen molar-refractivity contribution in [2.45, 2.75) is 33.1 Å². The maximum atomic E-state index is 11.7. The van der Waals surface area contributed by atoms with Crippen LogP contribution in [0.1, 0.15) is 32.3 Å². The molecule has 0 atom stereocenters. The average Bonchev–Trinajstić information content (AvgIpc) is 2.87. The SMILES string of the molecule is CCCN(CCC)CCc1c(Cl)cc(OC)c2[nH]c(=O)sc12.Cl. The summed E-state index contributed by atoms with van der Waals surface area (Å²) >= 11 is 7.63. The fraction of sp³-hybridized carbons (Fsp3) is 0.562. The number of ether oxygens (including phenoxy) is 1. The smallest absolute Gasteiger partial charge is 0.305 e. The summed E-state index contributed by atoms with van der Waals surface area (Å²) in [5.74, 6) is 0.626. The summed E-state index contributed by atoms with van der Waals surface area (Å²) in [5.41, 5.74) is 1.80. The van der Waals surface area contributed by atoms with Crippen LogP contribution < -0.4 is 9.61 Å². The predicted octanol–water partition coefficient (Wildman–Crippen LogP) is 4.34. The van der Waals surface area contributed by atoms with Crippen molar-refractivity contribution in [2.75, 3.05) is 26.7 Å². The largest absolute Gasteiger partial charge is 0.494 e. The molecular weight excluding hydrogens is 355 g/mol. The lowest BCUT2D eigenvalue weighted by atomic mass is 10.1. The molecule has 0 bridgehead atoms. The molecule has 0 aliphatic heterocycles. The number of halogens is 2. The Hall–Kier alpha value is -0.750. The molecule has 0 amide bonds. The quantitative estimate of drug-likeness (QED) is 0.742. The minimum Gasteiger partial charge on any atom is -0.494 e. The standard InChI is InChI=1S/C16H23ClN2O2S.ClH/c1-4-7-19(8-5-2)9-6-11-12(17)10-13(21-3)14-15(11)22-16(20)18-14;/h10H,4-9H2,1-3H3,(H,18,20);1H. The number of rotatable bonds is 8.